The van der Waals surface area contributed by atoms with E-state index in [2.05, 4.69) is 19.6 Å². The van der Waals surface area contributed by atoms with Crippen molar-refractivity contribution in [2.24, 2.45) is 0 Å². The number of hydrogen-bond acceptors (Lipinski definition) is 5. The molecule has 0 bridgehead atoms. The van der Waals surface area contributed by atoms with E-state index in [9.17, 15) is 8.42 Å². The molecule has 0 aliphatic heterocycles. The minimum atomic E-state index is -1.72. The van der Waals surface area contributed by atoms with E-state index in [1.165, 1.54) is 12.5 Å². The maximum atomic E-state index is 11.4. The Hall–Kier alpha value is 0.397. The summed E-state index contributed by atoms with van der Waals surface area (Å²) in [4.78, 5) is 0. The van der Waals surface area contributed by atoms with Gasteiger partial charge in [0, 0.05) is 12.5 Å². The third-order valence-electron chi connectivity index (χ3n) is 2.72. The van der Waals surface area contributed by atoms with E-state index in [1.807, 2.05) is 0 Å². The summed E-state index contributed by atoms with van der Waals surface area (Å²) < 4.78 is 39.6. The Kier molecular flexibility index (Phi) is 6.81. The maximum Gasteiger partial charge on any atom is 0.184 e. The van der Waals surface area contributed by atoms with Crippen LogP contribution >= 0.6 is 0 Å². The lowest BCUT2D eigenvalue weighted by Crippen LogP contribution is -2.49. The quantitative estimate of drug-likeness (QED) is 0.695. The van der Waals surface area contributed by atoms with Crippen LogP contribution in [0, 0.1) is 0 Å². The first-order valence-electron chi connectivity index (χ1n) is 6.38. The Bertz CT molecular complexity index is 344. The summed E-state index contributed by atoms with van der Waals surface area (Å²) in [7, 11) is -1.72. The van der Waals surface area contributed by atoms with Crippen LogP contribution in [0.15, 0.2) is 0 Å². The summed E-state index contributed by atoms with van der Waals surface area (Å²) in [6.45, 7) is 6.32. The van der Waals surface area contributed by atoms with Gasteiger partial charge in [0.15, 0.2) is 30.5 Å². The Morgan fingerprint density at radius 2 is 1.47 bits per heavy atom. The Morgan fingerprint density at radius 3 is 1.95 bits per heavy atom. The molecule has 8 heteroatoms. The molecule has 0 heterocycles. The van der Waals surface area contributed by atoms with Crippen LogP contribution in [0.5, 0.6) is 0 Å². The fourth-order valence-corrected chi connectivity index (χ4v) is 4.50. The summed E-state index contributed by atoms with van der Waals surface area (Å²) in [6, 6.07) is 0. The molecule has 0 aromatic rings. The zero-order chi connectivity index (χ0) is 14.6. The Labute approximate surface area is 121 Å². The van der Waals surface area contributed by atoms with E-state index in [0.29, 0.717) is 0 Å². The van der Waals surface area contributed by atoms with Gasteiger partial charge in [-0.1, -0.05) is 0 Å². The molecular formula is C11H24O5S2Si. The molecule has 19 heavy (non-hydrogen) atoms. The lowest BCUT2D eigenvalue weighted by Gasteiger charge is -2.38. The van der Waals surface area contributed by atoms with Gasteiger partial charge in [0.05, 0.1) is 6.10 Å². The van der Waals surface area contributed by atoms with Crippen LogP contribution in [-0.2, 0) is 35.0 Å². The molecule has 1 rings (SSSR count). The van der Waals surface area contributed by atoms with Crippen molar-refractivity contribution in [1.82, 2.24) is 0 Å². The zero-order valence-electron chi connectivity index (χ0n) is 12.2. The molecule has 0 aromatic carbocycles. The van der Waals surface area contributed by atoms with Crippen molar-refractivity contribution >= 4 is 30.5 Å². The summed E-state index contributed by atoms with van der Waals surface area (Å²) in [6.07, 6.45) is 4.68. The van der Waals surface area contributed by atoms with Crippen LogP contribution in [0.3, 0.4) is 0 Å². The average Bonchev–Trinajstić information content (AvgIpc) is 2.19. The highest BCUT2D eigenvalue weighted by molar-refractivity contribution is 7.79. The maximum absolute atomic E-state index is 11.4. The summed E-state index contributed by atoms with van der Waals surface area (Å²) in [5, 5.41) is 0. The minimum Gasteiger partial charge on any atom is -0.412 e. The van der Waals surface area contributed by atoms with Crippen LogP contribution in [0.1, 0.15) is 19.3 Å². The van der Waals surface area contributed by atoms with Gasteiger partial charge >= 0.3 is 0 Å². The molecule has 5 atom stereocenters. The van der Waals surface area contributed by atoms with Gasteiger partial charge in [-0.2, -0.15) is 0 Å². The monoisotopic (exact) mass is 328 g/mol. The topological polar surface area (TPSA) is 61.8 Å². The first-order chi connectivity index (χ1) is 8.69. The second-order valence-corrected chi connectivity index (χ2v) is 12.1. The molecule has 0 N–H and O–H groups in total. The van der Waals surface area contributed by atoms with Crippen LogP contribution in [0.25, 0.3) is 0 Å². The standard InChI is InChI=1S/C11H24O5S2Si/c1-17(12)14-9-7-6-8-10(16-19(3,4)5)11(9)15-18(2)13/h9-11H,6-8H2,1-5H3/t9-,10-,11-,17?,18?/m1/s1. The van der Waals surface area contributed by atoms with E-state index < -0.39 is 36.6 Å². The van der Waals surface area contributed by atoms with Gasteiger partial charge in [0.2, 0.25) is 0 Å². The Balaban J connectivity index is 2.81. The number of hydrogen-bond donors (Lipinski definition) is 0. The van der Waals surface area contributed by atoms with Crippen molar-refractivity contribution in [3.8, 4) is 0 Å². The van der Waals surface area contributed by atoms with Gasteiger partial charge in [-0.15, -0.1) is 0 Å². The van der Waals surface area contributed by atoms with Crippen molar-refractivity contribution < 1.29 is 21.2 Å². The van der Waals surface area contributed by atoms with Gasteiger partial charge < -0.3 is 4.43 Å². The first-order valence-corrected chi connectivity index (χ1v) is 12.8. The van der Waals surface area contributed by atoms with Crippen LogP contribution in [-0.4, -0.2) is 47.6 Å². The molecule has 0 aromatic heterocycles. The fourth-order valence-electron chi connectivity index (χ4n) is 2.23. The highest BCUT2D eigenvalue weighted by Gasteiger charge is 2.39. The summed E-state index contributed by atoms with van der Waals surface area (Å²) in [5.74, 6) is 0. The van der Waals surface area contributed by atoms with Gasteiger partial charge in [-0.3, -0.25) is 8.37 Å². The predicted octanol–water partition coefficient (Wildman–Crippen LogP) is 1.75. The third-order valence-corrected chi connectivity index (χ3v) is 4.74. The molecule has 1 fully saturated rings. The molecular weight excluding hydrogens is 304 g/mol. The van der Waals surface area contributed by atoms with E-state index in [-0.39, 0.29) is 12.2 Å². The van der Waals surface area contributed by atoms with Crippen LogP contribution < -0.4 is 0 Å². The Morgan fingerprint density at radius 1 is 0.947 bits per heavy atom. The molecule has 1 aliphatic carbocycles. The SMILES string of the molecule is CS(=O)O[C@@H]1[C@H](OS(C)=O)CCC[C@H]1O[Si](C)(C)C. The molecule has 1 aliphatic rings. The lowest BCUT2D eigenvalue weighted by atomic mass is 9.92. The van der Waals surface area contributed by atoms with Gasteiger partial charge in [-0.05, 0) is 38.9 Å². The van der Waals surface area contributed by atoms with Crippen molar-refractivity contribution in [2.75, 3.05) is 12.5 Å². The highest BCUT2D eigenvalue weighted by Crippen LogP contribution is 2.29. The molecule has 0 saturated heterocycles. The largest absolute Gasteiger partial charge is 0.412 e. The predicted molar refractivity (Wildman–Crippen MR) is 79.9 cm³/mol. The molecule has 0 amide bonds. The molecule has 0 radical (unpaired) electrons. The van der Waals surface area contributed by atoms with Crippen molar-refractivity contribution in [2.45, 2.75) is 57.2 Å². The smallest absolute Gasteiger partial charge is 0.184 e. The van der Waals surface area contributed by atoms with Gasteiger partial charge in [0.25, 0.3) is 0 Å². The van der Waals surface area contributed by atoms with Crippen LogP contribution in [0.4, 0.5) is 0 Å². The lowest BCUT2D eigenvalue weighted by molar-refractivity contribution is -0.0420. The average molecular weight is 329 g/mol. The molecule has 1 saturated carbocycles. The van der Waals surface area contributed by atoms with Gasteiger partial charge in [-0.25, -0.2) is 8.42 Å². The summed E-state index contributed by atoms with van der Waals surface area (Å²) in [5.41, 5.74) is 0. The van der Waals surface area contributed by atoms with E-state index in [4.69, 9.17) is 12.8 Å². The zero-order valence-corrected chi connectivity index (χ0v) is 14.8. The van der Waals surface area contributed by atoms with Gasteiger partial charge in [0.1, 0.15) is 12.2 Å². The van der Waals surface area contributed by atoms with Crippen LogP contribution in [0.2, 0.25) is 19.6 Å². The second kappa shape index (κ2) is 7.42. The second-order valence-electron chi connectivity index (χ2n) is 5.70. The van der Waals surface area contributed by atoms with Crippen molar-refractivity contribution in [1.29, 1.82) is 0 Å². The highest BCUT2D eigenvalue weighted by atomic mass is 32.2. The fraction of sp³-hybridized carbons (Fsp3) is 1.00. The van der Waals surface area contributed by atoms with E-state index >= 15 is 0 Å². The minimum absolute atomic E-state index is 0.127. The first kappa shape index (κ1) is 17.4. The number of rotatable bonds is 6. The molecule has 2 unspecified atom stereocenters. The third kappa shape index (κ3) is 6.59. The van der Waals surface area contributed by atoms with Crippen molar-refractivity contribution in [3.05, 3.63) is 0 Å². The summed E-state index contributed by atoms with van der Waals surface area (Å²) >= 11 is -2.75. The molecule has 0 spiro atoms. The van der Waals surface area contributed by atoms with E-state index in [0.717, 1.165) is 19.3 Å². The molecule has 5 nitrogen and oxygen atoms in total. The normalized spacial score (nSPS) is 31.9. The van der Waals surface area contributed by atoms with E-state index in [1.54, 1.807) is 0 Å². The van der Waals surface area contributed by atoms with Crippen molar-refractivity contribution in [3.63, 3.8) is 0 Å². The molecule has 114 valence electrons.